The smallest absolute Gasteiger partial charge is 0.272 e. The lowest BCUT2D eigenvalue weighted by Crippen LogP contribution is -2.42. The molecule has 26 heavy (non-hydrogen) atoms. The Morgan fingerprint density at radius 3 is 2.96 bits per heavy atom. The molecule has 1 aromatic heterocycles. The molecule has 4 aliphatic heterocycles. The maximum Gasteiger partial charge on any atom is 0.272 e. The third kappa shape index (κ3) is 2.69. The molecule has 2 bridgehead atoms. The summed E-state index contributed by atoms with van der Waals surface area (Å²) in [4.78, 5) is 15.1. The number of hydrogen-bond donors (Lipinski definition) is 1. The first-order valence-corrected chi connectivity index (χ1v) is 10.5. The molecule has 5 rings (SSSR count). The first kappa shape index (κ1) is 17.0. The van der Waals surface area contributed by atoms with E-state index in [1.165, 1.54) is 6.42 Å². The van der Waals surface area contributed by atoms with Crippen LogP contribution in [0.4, 0.5) is 0 Å². The van der Waals surface area contributed by atoms with Gasteiger partial charge in [-0.25, -0.2) is 0 Å². The van der Waals surface area contributed by atoms with Crippen molar-refractivity contribution in [1.29, 1.82) is 0 Å². The second kappa shape index (κ2) is 6.51. The Hall–Kier alpha value is -1.09. The molecule has 4 saturated heterocycles. The number of amides is 1. The van der Waals surface area contributed by atoms with Crippen LogP contribution in [0, 0.1) is 18.8 Å². The number of hydrogen-bond acceptors (Lipinski definition) is 7. The number of carbonyl (C=O) groups excluding carboxylic acids is 1. The highest BCUT2D eigenvalue weighted by atomic mass is 32.1. The number of nitrogens with zero attached hydrogens (tertiary/aromatic N) is 3. The van der Waals surface area contributed by atoms with Gasteiger partial charge in [-0.1, -0.05) is 0 Å². The quantitative estimate of drug-likeness (QED) is 0.849. The molecule has 1 aromatic rings. The predicted molar refractivity (Wildman–Crippen MR) is 96.2 cm³/mol. The summed E-state index contributed by atoms with van der Waals surface area (Å²) in [6, 6.07) is 0.630. The molecular formula is C18H26N4O3S. The summed E-state index contributed by atoms with van der Waals surface area (Å²) < 4.78 is 20.3. The average Bonchev–Trinajstić information content (AvgIpc) is 3.40. The molecule has 1 N–H and O–H groups in total. The zero-order valence-electron chi connectivity index (χ0n) is 15.1. The summed E-state index contributed by atoms with van der Waals surface area (Å²) in [5, 5.41) is 3.10. The lowest BCUT2D eigenvalue weighted by atomic mass is 9.73. The molecule has 0 aliphatic carbocycles. The van der Waals surface area contributed by atoms with Gasteiger partial charge in [0.25, 0.3) is 5.91 Å². The molecule has 4 aliphatic rings. The average molecular weight is 378 g/mol. The molecule has 1 spiro atoms. The third-order valence-corrected chi connectivity index (χ3v) is 7.50. The Labute approximate surface area is 157 Å². The molecule has 0 unspecified atom stereocenters. The van der Waals surface area contributed by atoms with Crippen molar-refractivity contribution in [2.75, 3.05) is 32.8 Å². The maximum atomic E-state index is 12.4. The molecule has 142 valence electrons. The van der Waals surface area contributed by atoms with Crippen LogP contribution in [0.5, 0.6) is 0 Å². The van der Waals surface area contributed by atoms with Gasteiger partial charge in [0.1, 0.15) is 0 Å². The van der Waals surface area contributed by atoms with E-state index in [2.05, 4.69) is 19.0 Å². The minimum Gasteiger partial charge on any atom is -0.381 e. The van der Waals surface area contributed by atoms with E-state index in [1.54, 1.807) is 0 Å². The lowest BCUT2D eigenvalue weighted by Gasteiger charge is -2.32. The van der Waals surface area contributed by atoms with Crippen LogP contribution in [0.2, 0.25) is 0 Å². The van der Waals surface area contributed by atoms with Crippen molar-refractivity contribution < 1.29 is 14.3 Å². The van der Waals surface area contributed by atoms with Crippen LogP contribution in [0.1, 0.15) is 41.9 Å². The summed E-state index contributed by atoms with van der Waals surface area (Å²) >= 11 is 1.09. The molecular weight excluding hydrogens is 352 g/mol. The van der Waals surface area contributed by atoms with Crippen molar-refractivity contribution in [3.05, 3.63) is 11.4 Å². The van der Waals surface area contributed by atoms with Crippen molar-refractivity contribution in [3.63, 3.8) is 0 Å². The van der Waals surface area contributed by atoms with Gasteiger partial charge in [0.15, 0.2) is 5.69 Å². The van der Waals surface area contributed by atoms with E-state index in [4.69, 9.17) is 9.47 Å². The minimum atomic E-state index is -0.104. The molecule has 7 nitrogen and oxygen atoms in total. The highest BCUT2D eigenvalue weighted by Crippen LogP contribution is 2.55. The largest absolute Gasteiger partial charge is 0.381 e. The number of aryl methyl sites for hydroxylation is 1. The Kier molecular flexibility index (Phi) is 4.27. The van der Waals surface area contributed by atoms with Gasteiger partial charge in [-0.3, -0.25) is 9.69 Å². The van der Waals surface area contributed by atoms with Gasteiger partial charge in [0, 0.05) is 50.7 Å². The van der Waals surface area contributed by atoms with Gasteiger partial charge in [-0.2, -0.15) is 8.75 Å². The number of rotatable bonds is 4. The molecule has 0 radical (unpaired) electrons. The van der Waals surface area contributed by atoms with Crippen LogP contribution < -0.4 is 5.32 Å². The normalized spacial score (nSPS) is 37.2. The zero-order chi connectivity index (χ0) is 17.7. The summed E-state index contributed by atoms with van der Waals surface area (Å²) in [6.45, 7) is 6.41. The first-order valence-electron chi connectivity index (χ1n) is 9.73. The van der Waals surface area contributed by atoms with Crippen LogP contribution in [0.3, 0.4) is 0 Å². The van der Waals surface area contributed by atoms with Crippen molar-refractivity contribution >= 4 is 17.6 Å². The highest BCUT2D eigenvalue weighted by Gasteiger charge is 2.63. The van der Waals surface area contributed by atoms with Gasteiger partial charge in [0.05, 0.1) is 29.1 Å². The maximum absolute atomic E-state index is 12.4. The standard InChI is InChI=1S/C18H26N4O3S/c1-11-16(21-26-20-11)17(23)19-8-13-14-9-22(12-3-6-24-7-4-12)10-18(14)5-2-15(13)25-18/h12-15H,2-10H2,1H3,(H,19,23)/t13-,14+,15+,18+/m0/s1. The van der Waals surface area contributed by atoms with Crippen LogP contribution >= 0.6 is 11.7 Å². The Bertz CT molecular complexity index is 692. The van der Waals surface area contributed by atoms with E-state index in [0.29, 0.717) is 41.9 Å². The van der Waals surface area contributed by atoms with Crippen LogP contribution in [-0.4, -0.2) is 70.1 Å². The Morgan fingerprint density at radius 2 is 2.19 bits per heavy atom. The molecule has 4 fully saturated rings. The summed E-state index contributed by atoms with van der Waals surface area (Å²) in [6.07, 6.45) is 4.84. The first-order chi connectivity index (χ1) is 12.7. The lowest BCUT2D eigenvalue weighted by molar-refractivity contribution is -0.0122. The number of aromatic nitrogens is 2. The van der Waals surface area contributed by atoms with E-state index in [0.717, 1.165) is 57.3 Å². The highest BCUT2D eigenvalue weighted by molar-refractivity contribution is 6.99. The van der Waals surface area contributed by atoms with Crippen LogP contribution in [0.15, 0.2) is 0 Å². The predicted octanol–water partition coefficient (Wildman–Crippen LogP) is 1.23. The van der Waals surface area contributed by atoms with Gasteiger partial charge < -0.3 is 14.8 Å². The molecule has 5 heterocycles. The van der Waals surface area contributed by atoms with Gasteiger partial charge in [0.2, 0.25) is 0 Å². The SMILES string of the molecule is Cc1nsnc1C(=O)NC[C@H]1[C@H]2CN(C3CCOCC3)C[C@]23CC[C@H]1O3. The van der Waals surface area contributed by atoms with E-state index in [9.17, 15) is 4.79 Å². The van der Waals surface area contributed by atoms with E-state index >= 15 is 0 Å². The summed E-state index contributed by atoms with van der Waals surface area (Å²) in [5.74, 6) is 0.829. The monoisotopic (exact) mass is 378 g/mol. The van der Waals surface area contributed by atoms with Crippen molar-refractivity contribution in [2.24, 2.45) is 11.8 Å². The van der Waals surface area contributed by atoms with Gasteiger partial charge in [-0.15, -0.1) is 0 Å². The van der Waals surface area contributed by atoms with Crippen LogP contribution in [0.25, 0.3) is 0 Å². The summed E-state index contributed by atoms with van der Waals surface area (Å²) in [5.41, 5.74) is 1.19. The fourth-order valence-electron chi connectivity index (χ4n) is 5.56. The summed E-state index contributed by atoms with van der Waals surface area (Å²) in [7, 11) is 0. The molecule has 8 heteroatoms. The van der Waals surface area contributed by atoms with Crippen molar-refractivity contribution in [3.8, 4) is 0 Å². The second-order valence-electron chi connectivity index (χ2n) is 8.21. The number of likely N-dealkylation sites (tertiary alicyclic amines) is 1. The fourth-order valence-corrected chi connectivity index (χ4v) is 6.11. The second-order valence-corrected chi connectivity index (χ2v) is 8.74. The minimum absolute atomic E-state index is 0.0243. The molecule has 0 saturated carbocycles. The van der Waals surface area contributed by atoms with Crippen molar-refractivity contribution in [2.45, 2.75) is 50.4 Å². The molecule has 1 amide bonds. The van der Waals surface area contributed by atoms with E-state index in [-0.39, 0.29) is 11.5 Å². The third-order valence-electron chi connectivity index (χ3n) is 6.88. The molecule has 4 atom stereocenters. The fraction of sp³-hybridized carbons (Fsp3) is 0.833. The number of nitrogens with one attached hydrogen (secondary N) is 1. The van der Waals surface area contributed by atoms with Crippen molar-refractivity contribution in [1.82, 2.24) is 19.0 Å². The Balaban J connectivity index is 1.26. The number of fused-ring (bicyclic) bond motifs is 1. The van der Waals surface area contributed by atoms with Gasteiger partial charge in [-0.05, 0) is 32.6 Å². The zero-order valence-corrected chi connectivity index (χ0v) is 16.0. The van der Waals surface area contributed by atoms with E-state index in [1.807, 2.05) is 6.92 Å². The van der Waals surface area contributed by atoms with Gasteiger partial charge >= 0.3 is 0 Å². The number of ether oxygens (including phenoxy) is 2. The topological polar surface area (TPSA) is 76.6 Å². The van der Waals surface area contributed by atoms with E-state index < -0.39 is 0 Å². The molecule has 0 aromatic carbocycles. The number of carbonyl (C=O) groups is 1. The Morgan fingerprint density at radius 1 is 1.35 bits per heavy atom. The van der Waals surface area contributed by atoms with Crippen LogP contribution in [-0.2, 0) is 9.47 Å².